The van der Waals surface area contributed by atoms with Gasteiger partial charge in [0.05, 0.1) is 16.1 Å². The molecule has 0 spiro atoms. The highest BCUT2D eigenvalue weighted by molar-refractivity contribution is 7.89. The Balaban J connectivity index is 1.90. The van der Waals surface area contributed by atoms with E-state index in [2.05, 4.69) is 5.32 Å². The van der Waals surface area contributed by atoms with Crippen LogP contribution >= 0.6 is 0 Å². The Morgan fingerprint density at radius 2 is 1.62 bits per heavy atom. The maximum atomic E-state index is 13.1. The van der Waals surface area contributed by atoms with Crippen molar-refractivity contribution in [2.75, 3.05) is 31.5 Å². The molecular formula is C24H31N3O4S. The van der Waals surface area contributed by atoms with Gasteiger partial charge in [-0.1, -0.05) is 24.6 Å². The van der Waals surface area contributed by atoms with Gasteiger partial charge in [-0.25, -0.2) is 8.42 Å². The van der Waals surface area contributed by atoms with Gasteiger partial charge < -0.3 is 10.2 Å². The van der Waals surface area contributed by atoms with Gasteiger partial charge in [0.25, 0.3) is 11.8 Å². The molecular weight excluding hydrogens is 426 g/mol. The van der Waals surface area contributed by atoms with Crippen LogP contribution < -0.4 is 5.32 Å². The minimum absolute atomic E-state index is 0.114. The zero-order valence-electron chi connectivity index (χ0n) is 18.9. The Hall–Kier alpha value is -2.71. The van der Waals surface area contributed by atoms with Crippen molar-refractivity contribution in [1.29, 1.82) is 0 Å². The van der Waals surface area contributed by atoms with E-state index in [9.17, 15) is 18.0 Å². The molecule has 7 nitrogen and oxygen atoms in total. The molecule has 2 aromatic carbocycles. The molecule has 2 amide bonds. The molecule has 0 aliphatic carbocycles. The Morgan fingerprint density at radius 1 is 0.969 bits per heavy atom. The summed E-state index contributed by atoms with van der Waals surface area (Å²) in [6.45, 7) is 7.69. The Kier molecular flexibility index (Phi) is 7.69. The van der Waals surface area contributed by atoms with Crippen LogP contribution in [-0.2, 0) is 10.0 Å². The maximum absolute atomic E-state index is 13.1. The fourth-order valence-electron chi connectivity index (χ4n) is 3.91. The zero-order valence-corrected chi connectivity index (χ0v) is 19.7. The fraction of sp³-hybridized carbons (Fsp3) is 0.417. The standard InChI is InChI=1S/C24H31N3O4S/c1-4-26(5-2)24(29)20-11-7-8-12-22(20)25-23(28)21-17-19(14-13-18(21)3)32(30,31)27-15-9-6-10-16-27/h7-8,11-14,17H,4-6,9-10,15-16H2,1-3H3,(H,25,28). The SMILES string of the molecule is CCN(CC)C(=O)c1ccccc1NC(=O)c1cc(S(=O)(=O)N2CCCCC2)ccc1C. The molecule has 1 aliphatic rings. The first-order valence-electron chi connectivity index (χ1n) is 11.1. The van der Waals surface area contributed by atoms with Crippen molar-refractivity contribution in [3.63, 3.8) is 0 Å². The van der Waals surface area contributed by atoms with Crippen LogP contribution in [0, 0.1) is 6.92 Å². The number of carbonyl (C=O) groups is 2. The fourth-order valence-corrected chi connectivity index (χ4v) is 5.45. The molecule has 172 valence electrons. The van der Waals surface area contributed by atoms with E-state index in [0.717, 1.165) is 19.3 Å². The number of anilines is 1. The third-order valence-corrected chi connectivity index (χ3v) is 7.76. The van der Waals surface area contributed by atoms with Crippen LogP contribution in [0.4, 0.5) is 5.69 Å². The molecule has 0 atom stereocenters. The molecule has 1 fully saturated rings. The lowest BCUT2D eigenvalue weighted by molar-refractivity contribution is 0.0774. The predicted octanol–water partition coefficient (Wildman–Crippen LogP) is 3.90. The third kappa shape index (κ3) is 5.02. The van der Waals surface area contributed by atoms with E-state index in [4.69, 9.17) is 0 Å². The number of hydrogen-bond acceptors (Lipinski definition) is 4. The van der Waals surface area contributed by atoms with E-state index in [1.54, 1.807) is 48.2 Å². The van der Waals surface area contributed by atoms with Crippen LogP contribution in [0.25, 0.3) is 0 Å². The monoisotopic (exact) mass is 457 g/mol. The number of amides is 2. The van der Waals surface area contributed by atoms with Crippen LogP contribution in [0.3, 0.4) is 0 Å². The highest BCUT2D eigenvalue weighted by Gasteiger charge is 2.27. The minimum atomic E-state index is -3.65. The van der Waals surface area contributed by atoms with E-state index < -0.39 is 15.9 Å². The number of benzene rings is 2. The Bertz CT molecular complexity index is 1090. The summed E-state index contributed by atoms with van der Waals surface area (Å²) in [5, 5.41) is 2.81. The van der Waals surface area contributed by atoms with Crippen molar-refractivity contribution in [2.45, 2.75) is 44.9 Å². The summed E-state index contributed by atoms with van der Waals surface area (Å²) in [6.07, 6.45) is 2.71. The van der Waals surface area contributed by atoms with Gasteiger partial charge in [0.15, 0.2) is 0 Å². The molecule has 0 aromatic heterocycles. The van der Waals surface area contributed by atoms with E-state index in [1.807, 2.05) is 13.8 Å². The Labute approximate surface area is 190 Å². The Morgan fingerprint density at radius 3 is 2.28 bits per heavy atom. The molecule has 0 radical (unpaired) electrons. The number of carbonyl (C=O) groups excluding carboxylic acids is 2. The minimum Gasteiger partial charge on any atom is -0.339 e. The highest BCUT2D eigenvalue weighted by atomic mass is 32.2. The second-order valence-electron chi connectivity index (χ2n) is 7.92. The van der Waals surface area contributed by atoms with Gasteiger partial charge in [0, 0.05) is 31.7 Å². The van der Waals surface area contributed by atoms with Gasteiger partial charge in [-0.3, -0.25) is 9.59 Å². The molecule has 1 saturated heterocycles. The van der Waals surface area contributed by atoms with Crippen molar-refractivity contribution in [1.82, 2.24) is 9.21 Å². The van der Waals surface area contributed by atoms with E-state index in [-0.39, 0.29) is 16.4 Å². The molecule has 3 rings (SSSR count). The van der Waals surface area contributed by atoms with E-state index >= 15 is 0 Å². The van der Waals surface area contributed by atoms with Crippen molar-refractivity contribution in [2.24, 2.45) is 0 Å². The number of nitrogens with zero attached hydrogens (tertiary/aromatic N) is 2. The summed E-state index contributed by atoms with van der Waals surface area (Å²) in [4.78, 5) is 27.8. The average molecular weight is 458 g/mol. The first-order valence-corrected chi connectivity index (χ1v) is 12.5. The van der Waals surface area contributed by atoms with Crippen LogP contribution in [0.1, 0.15) is 59.4 Å². The van der Waals surface area contributed by atoms with Crippen LogP contribution in [0.5, 0.6) is 0 Å². The molecule has 1 N–H and O–H groups in total. The van der Waals surface area contributed by atoms with E-state index in [1.165, 1.54) is 10.4 Å². The lowest BCUT2D eigenvalue weighted by atomic mass is 10.1. The molecule has 2 aromatic rings. The zero-order chi connectivity index (χ0) is 23.3. The number of para-hydroxylation sites is 1. The quantitative estimate of drug-likeness (QED) is 0.683. The summed E-state index contributed by atoms with van der Waals surface area (Å²) in [5.74, 6) is -0.609. The van der Waals surface area contributed by atoms with Gasteiger partial charge in [-0.15, -0.1) is 0 Å². The molecule has 1 aliphatic heterocycles. The van der Waals surface area contributed by atoms with Crippen molar-refractivity contribution in [3.05, 3.63) is 59.2 Å². The summed E-state index contributed by atoms with van der Waals surface area (Å²) in [5.41, 5.74) is 1.73. The molecule has 32 heavy (non-hydrogen) atoms. The number of nitrogens with one attached hydrogen (secondary N) is 1. The van der Waals surface area contributed by atoms with Gasteiger partial charge in [0.2, 0.25) is 10.0 Å². The van der Waals surface area contributed by atoms with Crippen molar-refractivity contribution in [3.8, 4) is 0 Å². The lowest BCUT2D eigenvalue weighted by Gasteiger charge is -2.26. The van der Waals surface area contributed by atoms with Gasteiger partial charge >= 0.3 is 0 Å². The number of aryl methyl sites for hydroxylation is 1. The smallest absolute Gasteiger partial charge is 0.255 e. The van der Waals surface area contributed by atoms with Crippen LogP contribution in [0.15, 0.2) is 47.4 Å². The molecule has 8 heteroatoms. The van der Waals surface area contributed by atoms with Gasteiger partial charge in [-0.05, 0) is 63.4 Å². The second kappa shape index (κ2) is 10.3. The number of sulfonamides is 1. The summed E-state index contributed by atoms with van der Waals surface area (Å²) in [6, 6.07) is 11.5. The second-order valence-corrected chi connectivity index (χ2v) is 9.86. The topological polar surface area (TPSA) is 86.8 Å². The first-order chi connectivity index (χ1) is 15.3. The predicted molar refractivity (Wildman–Crippen MR) is 125 cm³/mol. The van der Waals surface area contributed by atoms with Crippen LogP contribution in [-0.4, -0.2) is 55.6 Å². The van der Waals surface area contributed by atoms with Gasteiger partial charge in [0.1, 0.15) is 0 Å². The molecule has 1 heterocycles. The third-order valence-electron chi connectivity index (χ3n) is 5.86. The summed E-state index contributed by atoms with van der Waals surface area (Å²) < 4.78 is 27.6. The van der Waals surface area contributed by atoms with Crippen molar-refractivity contribution < 1.29 is 18.0 Å². The molecule has 0 unspecified atom stereocenters. The maximum Gasteiger partial charge on any atom is 0.255 e. The first kappa shape index (κ1) is 23.9. The normalized spacial score (nSPS) is 14.7. The molecule has 0 saturated carbocycles. The number of piperidine rings is 1. The summed E-state index contributed by atoms with van der Waals surface area (Å²) in [7, 11) is -3.65. The van der Waals surface area contributed by atoms with Crippen LogP contribution in [0.2, 0.25) is 0 Å². The molecule has 0 bridgehead atoms. The summed E-state index contributed by atoms with van der Waals surface area (Å²) >= 11 is 0. The largest absolute Gasteiger partial charge is 0.339 e. The number of hydrogen-bond donors (Lipinski definition) is 1. The lowest BCUT2D eigenvalue weighted by Crippen LogP contribution is -2.35. The van der Waals surface area contributed by atoms with Crippen molar-refractivity contribution >= 4 is 27.5 Å². The number of rotatable bonds is 7. The van der Waals surface area contributed by atoms with Gasteiger partial charge in [-0.2, -0.15) is 4.31 Å². The van der Waals surface area contributed by atoms with E-state index in [0.29, 0.717) is 43.0 Å². The average Bonchev–Trinajstić information content (AvgIpc) is 2.80. The highest BCUT2D eigenvalue weighted by Crippen LogP contribution is 2.24.